The smallest absolute Gasteiger partial charge is 0.217 e. The summed E-state index contributed by atoms with van der Waals surface area (Å²) in [5.74, 6) is 1.25. The SMILES string of the molecule is CCOc1ccc(OCc2ccc(/C=C/[C@H](C)NC(C)=O)cn2)c(Cl)c1. The van der Waals surface area contributed by atoms with Crippen LogP contribution >= 0.6 is 11.6 Å². The lowest BCUT2D eigenvalue weighted by Crippen LogP contribution is -2.28. The molecule has 1 atom stereocenters. The molecule has 0 aliphatic rings. The second kappa shape index (κ2) is 9.82. The first-order valence-corrected chi connectivity index (χ1v) is 8.81. The van der Waals surface area contributed by atoms with Gasteiger partial charge in [-0.1, -0.05) is 29.8 Å². The van der Waals surface area contributed by atoms with Gasteiger partial charge in [0, 0.05) is 25.2 Å². The third-order valence-corrected chi connectivity index (χ3v) is 3.74. The highest BCUT2D eigenvalue weighted by Crippen LogP contribution is 2.29. The van der Waals surface area contributed by atoms with Crippen LogP contribution in [0.1, 0.15) is 32.0 Å². The molecule has 0 aliphatic carbocycles. The Bertz CT molecular complexity index is 760. The minimum Gasteiger partial charge on any atom is -0.494 e. The molecule has 26 heavy (non-hydrogen) atoms. The molecule has 0 radical (unpaired) electrons. The number of nitrogens with zero attached hydrogens (tertiary/aromatic N) is 1. The highest BCUT2D eigenvalue weighted by molar-refractivity contribution is 6.32. The fraction of sp³-hybridized carbons (Fsp3) is 0.300. The third kappa shape index (κ3) is 6.41. The summed E-state index contributed by atoms with van der Waals surface area (Å²) < 4.78 is 11.1. The largest absolute Gasteiger partial charge is 0.494 e. The van der Waals surface area contributed by atoms with Gasteiger partial charge < -0.3 is 14.8 Å². The maximum absolute atomic E-state index is 11.0. The minimum absolute atomic E-state index is 0.0303. The lowest BCUT2D eigenvalue weighted by atomic mass is 10.2. The Balaban J connectivity index is 1.91. The van der Waals surface area contributed by atoms with E-state index in [0.29, 0.717) is 29.7 Å². The van der Waals surface area contributed by atoms with E-state index in [1.165, 1.54) is 6.92 Å². The van der Waals surface area contributed by atoms with Gasteiger partial charge in [-0.05, 0) is 37.6 Å². The van der Waals surface area contributed by atoms with Crippen molar-refractivity contribution >= 4 is 23.6 Å². The lowest BCUT2D eigenvalue weighted by Gasteiger charge is -2.10. The van der Waals surface area contributed by atoms with E-state index in [1.54, 1.807) is 18.3 Å². The number of hydrogen-bond donors (Lipinski definition) is 1. The normalized spacial score (nSPS) is 12.0. The number of carbonyl (C=O) groups is 1. The molecule has 1 amide bonds. The number of amides is 1. The molecule has 1 N–H and O–H groups in total. The zero-order chi connectivity index (χ0) is 18.9. The number of hydrogen-bond acceptors (Lipinski definition) is 4. The van der Waals surface area contributed by atoms with Gasteiger partial charge in [0.2, 0.25) is 5.91 Å². The second-order valence-corrected chi connectivity index (χ2v) is 6.15. The Morgan fingerprint density at radius 2 is 2.12 bits per heavy atom. The quantitative estimate of drug-likeness (QED) is 0.750. The van der Waals surface area contributed by atoms with Gasteiger partial charge in [0.15, 0.2) is 0 Å². The van der Waals surface area contributed by atoms with Crippen LogP contribution in [-0.2, 0) is 11.4 Å². The van der Waals surface area contributed by atoms with Crippen molar-refractivity contribution in [2.75, 3.05) is 6.61 Å². The first-order chi connectivity index (χ1) is 12.5. The fourth-order valence-electron chi connectivity index (χ4n) is 2.25. The van der Waals surface area contributed by atoms with Crippen LogP contribution in [-0.4, -0.2) is 23.5 Å². The molecular formula is C20H23ClN2O3. The lowest BCUT2D eigenvalue weighted by molar-refractivity contribution is -0.119. The molecule has 138 valence electrons. The molecule has 0 fully saturated rings. The Kier molecular flexibility index (Phi) is 7.48. The van der Waals surface area contributed by atoms with Crippen LogP contribution in [0.2, 0.25) is 5.02 Å². The molecule has 0 saturated carbocycles. The average Bonchev–Trinajstić information content (AvgIpc) is 2.60. The molecule has 0 unspecified atom stereocenters. The number of pyridine rings is 1. The van der Waals surface area contributed by atoms with Crippen molar-refractivity contribution in [3.8, 4) is 11.5 Å². The Morgan fingerprint density at radius 3 is 2.73 bits per heavy atom. The van der Waals surface area contributed by atoms with Gasteiger partial charge in [-0.25, -0.2) is 0 Å². The van der Waals surface area contributed by atoms with Crippen LogP contribution in [0, 0.1) is 0 Å². The summed E-state index contributed by atoms with van der Waals surface area (Å²) >= 11 is 6.20. The van der Waals surface area contributed by atoms with Crippen LogP contribution in [0.4, 0.5) is 0 Å². The Morgan fingerprint density at radius 1 is 1.31 bits per heavy atom. The predicted molar refractivity (Wildman–Crippen MR) is 104 cm³/mol. The summed E-state index contributed by atoms with van der Waals surface area (Å²) in [4.78, 5) is 15.4. The molecular weight excluding hydrogens is 352 g/mol. The standard InChI is InChI=1S/C20H23ClN2O3/c1-4-25-18-9-10-20(19(21)11-18)26-13-17-8-7-16(12-22-17)6-5-14(2)23-15(3)24/h5-12,14H,4,13H2,1-3H3,(H,23,24)/b6-5+/t14-/m0/s1. The molecule has 2 rings (SSSR count). The van der Waals surface area contributed by atoms with Gasteiger partial charge in [-0.15, -0.1) is 0 Å². The second-order valence-electron chi connectivity index (χ2n) is 5.75. The monoisotopic (exact) mass is 374 g/mol. The summed E-state index contributed by atoms with van der Waals surface area (Å²) in [6.07, 6.45) is 5.59. The minimum atomic E-state index is -0.0549. The molecule has 0 saturated heterocycles. The highest BCUT2D eigenvalue weighted by atomic mass is 35.5. The summed E-state index contributed by atoms with van der Waals surface area (Å²) in [5.41, 5.74) is 1.74. The zero-order valence-corrected chi connectivity index (χ0v) is 15.9. The van der Waals surface area contributed by atoms with Crippen LogP contribution in [0.25, 0.3) is 6.08 Å². The van der Waals surface area contributed by atoms with Gasteiger partial charge >= 0.3 is 0 Å². The van der Waals surface area contributed by atoms with Crippen molar-refractivity contribution < 1.29 is 14.3 Å². The van der Waals surface area contributed by atoms with E-state index in [9.17, 15) is 4.79 Å². The Hall–Kier alpha value is -2.53. The first-order valence-electron chi connectivity index (χ1n) is 8.43. The summed E-state index contributed by atoms with van der Waals surface area (Å²) in [7, 11) is 0. The molecule has 2 aromatic rings. The number of ether oxygens (including phenoxy) is 2. The van der Waals surface area contributed by atoms with Crippen molar-refractivity contribution in [2.24, 2.45) is 0 Å². The van der Waals surface area contributed by atoms with Crippen molar-refractivity contribution in [2.45, 2.75) is 33.4 Å². The van der Waals surface area contributed by atoms with E-state index in [1.807, 2.05) is 44.2 Å². The number of nitrogens with one attached hydrogen (secondary N) is 1. The van der Waals surface area contributed by atoms with Crippen molar-refractivity contribution in [3.05, 3.63) is 58.9 Å². The van der Waals surface area contributed by atoms with Crippen LogP contribution in [0.3, 0.4) is 0 Å². The first kappa shape index (κ1) is 19.8. The highest BCUT2D eigenvalue weighted by Gasteiger charge is 2.05. The predicted octanol–water partition coefficient (Wildman–Crippen LogP) is 4.25. The molecule has 1 aromatic heterocycles. The number of aromatic nitrogens is 1. The maximum Gasteiger partial charge on any atom is 0.217 e. The van der Waals surface area contributed by atoms with Gasteiger partial charge in [-0.3, -0.25) is 9.78 Å². The van der Waals surface area contributed by atoms with Gasteiger partial charge in [0.25, 0.3) is 0 Å². The number of benzene rings is 1. The van der Waals surface area contributed by atoms with Gasteiger partial charge in [0.05, 0.1) is 17.3 Å². The van der Waals surface area contributed by atoms with Crippen molar-refractivity contribution in [1.29, 1.82) is 0 Å². The molecule has 6 heteroatoms. The number of carbonyl (C=O) groups excluding carboxylic acids is 1. The zero-order valence-electron chi connectivity index (χ0n) is 15.2. The van der Waals surface area contributed by atoms with E-state index < -0.39 is 0 Å². The van der Waals surface area contributed by atoms with E-state index in [2.05, 4.69) is 10.3 Å². The molecule has 1 heterocycles. The van der Waals surface area contributed by atoms with E-state index in [4.69, 9.17) is 21.1 Å². The van der Waals surface area contributed by atoms with Crippen LogP contribution in [0.15, 0.2) is 42.6 Å². The van der Waals surface area contributed by atoms with E-state index >= 15 is 0 Å². The Labute approximate surface area is 159 Å². The third-order valence-electron chi connectivity index (χ3n) is 3.45. The van der Waals surface area contributed by atoms with Crippen molar-refractivity contribution in [1.82, 2.24) is 10.3 Å². The summed E-state index contributed by atoms with van der Waals surface area (Å²) in [5, 5.41) is 3.29. The van der Waals surface area contributed by atoms with Crippen LogP contribution < -0.4 is 14.8 Å². The number of halogens is 1. The molecule has 0 spiro atoms. The molecule has 5 nitrogen and oxygen atoms in total. The summed E-state index contributed by atoms with van der Waals surface area (Å²) in [6.45, 7) is 6.24. The maximum atomic E-state index is 11.0. The average molecular weight is 375 g/mol. The van der Waals surface area contributed by atoms with E-state index in [-0.39, 0.29) is 11.9 Å². The van der Waals surface area contributed by atoms with Gasteiger partial charge in [-0.2, -0.15) is 0 Å². The summed E-state index contributed by atoms with van der Waals surface area (Å²) in [6, 6.07) is 9.15. The topological polar surface area (TPSA) is 60.5 Å². The molecule has 0 aliphatic heterocycles. The molecule has 1 aromatic carbocycles. The number of rotatable bonds is 8. The van der Waals surface area contributed by atoms with Crippen molar-refractivity contribution in [3.63, 3.8) is 0 Å². The van der Waals surface area contributed by atoms with Crippen LogP contribution in [0.5, 0.6) is 11.5 Å². The fourth-order valence-corrected chi connectivity index (χ4v) is 2.48. The van der Waals surface area contributed by atoms with E-state index in [0.717, 1.165) is 11.3 Å². The van der Waals surface area contributed by atoms with Gasteiger partial charge in [0.1, 0.15) is 18.1 Å². The molecule has 0 bridgehead atoms.